The van der Waals surface area contributed by atoms with Crippen LogP contribution in [0, 0.1) is 6.92 Å². The zero-order valence-electron chi connectivity index (χ0n) is 19.6. The van der Waals surface area contributed by atoms with Crippen LogP contribution in [0.1, 0.15) is 5.69 Å². The number of piperazine rings is 1. The predicted octanol–water partition coefficient (Wildman–Crippen LogP) is 5.80. The van der Waals surface area contributed by atoms with Crippen LogP contribution in [0.3, 0.4) is 0 Å². The molecule has 0 saturated carbocycles. The summed E-state index contributed by atoms with van der Waals surface area (Å²) >= 11 is 12.9. The molecule has 1 aliphatic rings. The van der Waals surface area contributed by atoms with Gasteiger partial charge in [-0.15, -0.1) is 0 Å². The van der Waals surface area contributed by atoms with Gasteiger partial charge in [-0.2, -0.15) is 9.61 Å². The Labute approximate surface area is 219 Å². The van der Waals surface area contributed by atoms with E-state index < -0.39 is 0 Å². The van der Waals surface area contributed by atoms with Crippen LogP contribution < -0.4 is 9.80 Å². The van der Waals surface area contributed by atoms with E-state index in [0.29, 0.717) is 10.0 Å². The van der Waals surface area contributed by atoms with Gasteiger partial charge in [0, 0.05) is 60.9 Å². The van der Waals surface area contributed by atoms with E-state index in [9.17, 15) is 0 Å². The van der Waals surface area contributed by atoms with E-state index in [1.165, 1.54) is 0 Å². The Morgan fingerprint density at radius 3 is 2.22 bits per heavy atom. The van der Waals surface area contributed by atoms with E-state index in [1.54, 1.807) is 12.4 Å². The highest BCUT2D eigenvalue weighted by atomic mass is 35.5. The molecule has 0 spiro atoms. The summed E-state index contributed by atoms with van der Waals surface area (Å²) < 4.78 is 1.95. The lowest BCUT2D eigenvalue weighted by atomic mass is 10.0. The molecule has 180 valence electrons. The van der Waals surface area contributed by atoms with Gasteiger partial charge >= 0.3 is 0 Å². The number of halogens is 2. The zero-order valence-corrected chi connectivity index (χ0v) is 21.2. The molecule has 0 radical (unpaired) electrons. The van der Waals surface area contributed by atoms with E-state index in [0.717, 1.165) is 71.7 Å². The molecule has 0 aliphatic carbocycles. The quantitative estimate of drug-likeness (QED) is 0.301. The second-order valence-electron chi connectivity index (χ2n) is 8.72. The Morgan fingerprint density at radius 1 is 0.806 bits per heavy atom. The fraction of sp³-hybridized carbons (Fsp3) is 0.185. The number of anilines is 2. The molecule has 5 aromatic rings. The van der Waals surface area contributed by atoms with Crippen LogP contribution in [-0.2, 0) is 0 Å². The molecule has 0 unspecified atom stereocenters. The molecule has 1 fully saturated rings. The van der Waals surface area contributed by atoms with Crippen molar-refractivity contribution in [3.8, 4) is 22.4 Å². The number of fused-ring (bicyclic) bond motifs is 1. The monoisotopic (exact) mass is 515 g/mol. The molecule has 1 saturated heterocycles. The van der Waals surface area contributed by atoms with Gasteiger partial charge in [-0.05, 0) is 36.8 Å². The van der Waals surface area contributed by atoms with Crippen molar-refractivity contribution in [1.82, 2.24) is 24.6 Å². The van der Waals surface area contributed by atoms with Crippen molar-refractivity contribution >= 4 is 40.6 Å². The molecule has 0 N–H and O–H groups in total. The SMILES string of the molecule is Cc1cc(N2CCN(c3ncccn3)CC2)n2nc(-c3ccccc3Cl)c(-c3ccc(Cl)cc3)c2n1. The average molecular weight is 516 g/mol. The van der Waals surface area contributed by atoms with Gasteiger partial charge in [-0.1, -0.05) is 53.5 Å². The Hall–Kier alpha value is -3.68. The summed E-state index contributed by atoms with van der Waals surface area (Å²) in [5, 5.41) is 6.42. The summed E-state index contributed by atoms with van der Waals surface area (Å²) in [6.07, 6.45) is 3.56. The van der Waals surface area contributed by atoms with E-state index in [2.05, 4.69) is 25.8 Å². The van der Waals surface area contributed by atoms with Crippen LogP contribution in [0.15, 0.2) is 73.1 Å². The lowest BCUT2D eigenvalue weighted by Crippen LogP contribution is -2.47. The van der Waals surface area contributed by atoms with Crippen molar-refractivity contribution in [2.75, 3.05) is 36.0 Å². The van der Waals surface area contributed by atoms with Gasteiger partial charge in [0.1, 0.15) is 11.5 Å². The number of aryl methyl sites for hydroxylation is 1. The molecule has 1 aliphatic heterocycles. The lowest BCUT2D eigenvalue weighted by Gasteiger charge is -2.36. The second-order valence-corrected chi connectivity index (χ2v) is 9.57. The van der Waals surface area contributed by atoms with Gasteiger partial charge in [-0.25, -0.2) is 15.0 Å². The molecular weight excluding hydrogens is 493 g/mol. The van der Waals surface area contributed by atoms with Gasteiger partial charge in [-0.3, -0.25) is 0 Å². The molecule has 0 amide bonds. The molecular formula is C27H23Cl2N7. The van der Waals surface area contributed by atoms with Crippen molar-refractivity contribution in [2.24, 2.45) is 0 Å². The molecule has 4 heterocycles. The molecule has 0 atom stereocenters. The number of benzene rings is 2. The van der Waals surface area contributed by atoms with Gasteiger partial charge in [0.25, 0.3) is 0 Å². The van der Waals surface area contributed by atoms with E-state index in [1.807, 2.05) is 66.0 Å². The molecule has 9 heteroatoms. The van der Waals surface area contributed by atoms with Gasteiger partial charge < -0.3 is 9.80 Å². The lowest BCUT2D eigenvalue weighted by molar-refractivity contribution is 0.627. The Morgan fingerprint density at radius 2 is 1.50 bits per heavy atom. The molecule has 36 heavy (non-hydrogen) atoms. The first-order chi connectivity index (χ1) is 17.6. The number of rotatable bonds is 4. The number of hydrogen-bond donors (Lipinski definition) is 0. The van der Waals surface area contributed by atoms with E-state index in [4.69, 9.17) is 33.3 Å². The maximum Gasteiger partial charge on any atom is 0.225 e. The third-order valence-electron chi connectivity index (χ3n) is 6.40. The summed E-state index contributed by atoms with van der Waals surface area (Å²) in [6.45, 7) is 5.28. The highest BCUT2D eigenvalue weighted by Gasteiger charge is 2.25. The molecule has 6 rings (SSSR count). The van der Waals surface area contributed by atoms with Crippen LogP contribution in [0.25, 0.3) is 28.0 Å². The fourth-order valence-electron chi connectivity index (χ4n) is 4.66. The molecule has 3 aromatic heterocycles. The first kappa shape index (κ1) is 22.8. The van der Waals surface area contributed by atoms with Crippen molar-refractivity contribution in [2.45, 2.75) is 6.92 Å². The van der Waals surface area contributed by atoms with Crippen LogP contribution in [0.5, 0.6) is 0 Å². The Bertz CT molecular complexity index is 1530. The number of aromatic nitrogens is 5. The third-order valence-corrected chi connectivity index (χ3v) is 6.98. The predicted molar refractivity (Wildman–Crippen MR) is 145 cm³/mol. The summed E-state index contributed by atoms with van der Waals surface area (Å²) in [5.41, 5.74) is 5.28. The molecule has 0 bridgehead atoms. The normalized spacial score (nSPS) is 14.0. The average Bonchev–Trinajstić information content (AvgIpc) is 3.28. The minimum absolute atomic E-state index is 0.644. The zero-order chi connectivity index (χ0) is 24.6. The maximum absolute atomic E-state index is 6.65. The summed E-state index contributed by atoms with van der Waals surface area (Å²) in [7, 11) is 0. The Balaban J connectivity index is 1.47. The Kier molecular flexibility index (Phi) is 5.95. The van der Waals surface area contributed by atoms with E-state index in [-0.39, 0.29) is 0 Å². The molecule has 7 nitrogen and oxygen atoms in total. The summed E-state index contributed by atoms with van der Waals surface area (Å²) in [4.78, 5) is 18.3. The van der Waals surface area contributed by atoms with Crippen LogP contribution >= 0.6 is 23.2 Å². The topological polar surface area (TPSA) is 62.5 Å². The van der Waals surface area contributed by atoms with Crippen molar-refractivity contribution in [3.63, 3.8) is 0 Å². The second kappa shape index (κ2) is 9.41. The van der Waals surface area contributed by atoms with Gasteiger partial charge in [0.05, 0.1) is 10.6 Å². The summed E-state index contributed by atoms with van der Waals surface area (Å²) in [6, 6.07) is 19.5. The first-order valence-electron chi connectivity index (χ1n) is 11.8. The van der Waals surface area contributed by atoms with Crippen molar-refractivity contribution < 1.29 is 0 Å². The number of hydrogen-bond acceptors (Lipinski definition) is 6. The minimum atomic E-state index is 0.644. The minimum Gasteiger partial charge on any atom is -0.353 e. The van der Waals surface area contributed by atoms with Crippen LogP contribution in [0.2, 0.25) is 10.0 Å². The maximum atomic E-state index is 6.65. The summed E-state index contributed by atoms with van der Waals surface area (Å²) in [5.74, 6) is 1.76. The van der Waals surface area contributed by atoms with Gasteiger partial charge in [0.15, 0.2) is 5.65 Å². The fourth-order valence-corrected chi connectivity index (χ4v) is 5.01. The number of nitrogens with zero attached hydrogens (tertiary/aromatic N) is 7. The highest BCUT2D eigenvalue weighted by Crippen LogP contribution is 2.39. The third kappa shape index (κ3) is 4.14. The van der Waals surface area contributed by atoms with Crippen molar-refractivity contribution in [1.29, 1.82) is 0 Å². The highest BCUT2D eigenvalue weighted by molar-refractivity contribution is 6.33. The first-order valence-corrected chi connectivity index (χ1v) is 12.5. The smallest absolute Gasteiger partial charge is 0.225 e. The van der Waals surface area contributed by atoms with Crippen LogP contribution in [0.4, 0.5) is 11.8 Å². The largest absolute Gasteiger partial charge is 0.353 e. The van der Waals surface area contributed by atoms with Gasteiger partial charge in [0.2, 0.25) is 5.95 Å². The van der Waals surface area contributed by atoms with Crippen LogP contribution in [-0.4, -0.2) is 50.7 Å². The van der Waals surface area contributed by atoms with Crippen molar-refractivity contribution in [3.05, 3.63) is 88.8 Å². The molecule has 2 aromatic carbocycles. The standard InChI is InChI=1S/C27H23Cl2N7/c1-18-17-23(34-13-15-35(16-14-34)27-30-11-4-12-31-27)36-26(32-18)24(19-7-9-20(28)10-8-19)25(33-36)21-5-2-3-6-22(21)29/h2-12,17H,13-16H2,1H3. The van der Waals surface area contributed by atoms with E-state index >= 15 is 0 Å².